The number of amides is 1. The van der Waals surface area contributed by atoms with Crippen molar-refractivity contribution in [3.8, 4) is 0 Å². The molecule has 1 fully saturated rings. The third kappa shape index (κ3) is 3.72. The summed E-state index contributed by atoms with van der Waals surface area (Å²) in [6.07, 6.45) is 4.70. The van der Waals surface area contributed by atoms with E-state index in [2.05, 4.69) is 11.9 Å². The molecular weight excluding hydrogens is 196 g/mol. The molecule has 0 aromatic carbocycles. The maximum atomic E-state index is 11.4. The third-order valence-corrected chi connectivity index (χ3v) is 3.68. The van der Waals surface area contributed by atoms with Gasteiger partial charge in [-0.1, -0.05) is 6.08 Å². The molecule has 4 heteroatoms. The predicted octanol–water partition coefficient (Wildman–Crippen LogP) is 0.902. The summed E-state index contributed by atoms with van der Waals surface area (Å²) in [5.74, 6) is 1.16. The topological polar surface area (TPSA) is 55.1 Å². The summed E-state index contributed by atoms with van der Waals surface area (Å²) < 4.78 is 0. The van der Waals surface area contributed by atoms with Gasteiger partial charge >= 0.3 is 0 Å². The van der Waals surface area contributed by atoms with Crippen LogP contribution in [0.1, 0.15) is 19.3 Å². The van der Waals surface area contributed by atoms with Crippen LogP contribution in [0.4, 0.5) is 0 Å². The Morgan fingerprint density at radius 1 is 1.79 bits per heavy atom. The lowest BCUT2D eigenvalue weighted by Gasteiger charge is -2.13. The number of carbonyl (C=O) groups excluding carboxylic acids is 1. The van der Waals surface area contributed by atoms with Crippen LogP contribution in [-0.2, 0) is 4.79 Å². The highest BCUT2D eigenvalue weighted by Crippen LogP contribution is 2.25. The summed E-state index contributed by atoms with van der Waals surface area (Å²) in [5.41, 5.74) is 5.62. The Kier molecular flexibility index (Phi) is 5.04. The first-order chi connectivity index (χ1) is 6.74. The van der Waals surface area contributed by atoms with Gasteiger partial charge in [-0.25, -0.2) is 0 Å². The maximum Gasteiger partial charge on any atom is 0.237 e. The third-order valence-electron chi connectivity index (χ3n) is 2.29. The molecule has 14 heavy (non-hydrogen) atoms. The van der Waals surface area contributed by atoms with E-state index in [-0.39, 0.29) is 5.91 Å². The molecule has 3 nitrogen and oxygen atoms in total. The number of carbonyl (C=O) groups is 1. The van der Waals surface area contributed by atoms with Crippen molar-refractivity contribution >= 4 is 17.7 Å². The van der Waals surface area contributed by atoms with E-state index in [4.69, 9.17) is 5.73 Å². The zero-order valence-electron chi connectivity index (χ0n) is 8.37. The Balaban J connectivity index is 2.16. The van der Waals surface area contributed by atoms with E-state index in [1.165, 1.54) is 18.6 Å². The van der Waals surface area contributed by atoms with Crippen LogP contribution in [0.3, 0.4) is 0 Å². The first-order valence-corrected chi connectivity index (χ1v) is 6.04. The summed E-state index contributed by atoms with van der Waals surface area (Å²) >= 11 is 1.93. The van der Waals surface area contributed by atoms with Crippen LogP contribution >= 0.6 is 11.8 Å². The van der Waals surface area contributed by atoms with Gasteiger partial charge in [-0.3, -0.25) is 4.79 Å². The van der Waals surface area contributed by atoms with Gasteiger partial charge in [0.25, 0.3) is 0 Å². The van der Waals surface area contributed by atoms with Crippen molar-refractivity contribution in [2.75, 3.05) is 12.3 Å². The van der Waals surface area contributed by atoms with Gasteiger partial charge < -0.3 is 11.1 Å². The molecule has 1 heterocycles. The first-order valence-electron chi connectivity index (χ1n) is 5.00. The van der Waals surface area contributed by atoms with E-state index in [1.807, 2.05) is 11.8 Å². The highest BCUT2D eigenvalue weighted by Gasteiger charge is 2.17. The van der Waals surface area contributed by atoms with Crippen LogP contribution in [0.2, 0.25) is 0 Å². The van der Waals surface area contributed by atoms with Gasteiger partial charge in [0.05, 0.1) is 6.04 Å². The van der Waals surface area contributed by atoms with Crippen LogP contribution in [0.25, 0.3) is 0 Å². The molecule has 1 saturated heterocycles. The molecule has 0 radical (unpaired) electrons. The average molecular weight is 214 g/mol. The second-order valence-corrected chi connectivity index (χ2v) is 4.92. The molecule has 0 saturated carbocycles. The molecule has 0 aromatic heterocycles. The van der Waals surface area contributed by atoms with E-state index in [0.29, 0.717) is 11.7 Å². The molecular formula is C10H18N2OS. The molecule has 80 valence electrons. The summed E-state index contributed by atoms with van der Waals surface area (Å²) in [4.78, 5) is 11.4. The monoisotopic (exact) mass is 214 g/mol. The fourth-order valence-electron chi connectivity index (χ4n) is 1.44. The van der Waals surface area contributed by atoms with Gasteiger partial charge in [0, 0.05) is 11.8 Å². The smallest absolute Gasteiger partial charge is 0.237 e. The summed E-state index contributed by atoms with van der Waals surface area (Å²) in [7, 11) is 0. The number of nitrogens with one attached hydrogen (secondary N) is 1. The Labute approximate surface area is 89.5 Å². The van der Waals surface area contributed by atoms with Crippen molar-refractivity contribution in [2.24, 2.45) is 5.73 Å². The van der Waals surface area contributed by atoms with Crippen LogP contribution in [-0.4, -0.2) is 29.5 Å². The summed E-state index contributed by atoms with van der Waals surface area (Å²) in [6, 6.07) is -0.432. The molecule has 1 rings (SSSR count). The van der Waals surface area contributed by atoms with Gasteiger partial charge in [0.2, 0.25) is 5.91 Å². The highest BCUT2D eigenvalue weighted by molar-refractivity contribution is 8.00. The SMILES string of the molecule is C=CCC(N)C(=O)NCC1CCCS1. The fraction of sp³-hybridized carbons (Fsp3) is 0.700. The minimum Gasteiger partial charge on any atom is -0.354 e. The molecule has 0 bridgehead atoms. The Morgan fingerprint density at radius 3 is 3.14 bits per heavy atom. The van der Waals surface area contributed by atoms with Crippen LogP contribution in [0.15, 0.2) is 12.7 Å². The van der Waals surface area contributed by atoms with Crippen molar-refractivity contribution in [1.82, 2.24) is 5.32 Å². The Hall–Kier alpha value is -0.480. The zero-order chi connectivity index (χ0) is 10.4. The largest absolute Gasteiger partial charge is 0.354 e. The number of nitrogens with two attached hydrogens (primary N) is 1. The van der Waals surface area contributed by atoms with Gasteiger partial charge in [-0.05, 0) is 25.0 Å². The maximum absolute atomic E-state index is 11.4. The lowest BCUT2D eigenvalue weighted by Crippen LogP contribution is -2.42. The molecule has 1 aliphatic rings. The minimum atomic E-state index is -0.432. The predicted molar refractivity (Wildman–Crippen MR) is 61.3 cm³/mol. The van der Waals surface area contributed by atoms with E-state index in [0.717, 1.165) is 6.54 Å². The molecule has 3 N–H and O–H groups in total. The number of hydrogen-bond acceptors (Lipinski definition) is 3. The van der Waals surface area contributed by atoms with Gasteiger partial charge in [-0.2, -0.15) is 11.8 Å². The number of hydrogen-bond donors (Lipinski definition) is 2. The number of rotatable bonds is 5. The van der Waals surface area contributed by atoms with Gasteiger partial charge in [0.15, 0.2) is 0 Å². The highest BCUT2D eigenvalue weighted by atomic mass is 32.2. The molecule has 0 aromatic rings. The Bertz CT molecular complexity index is 202. The molecule has 2 atom stereocenters. The molecule has 1 amide bonds. The second kappa shape index (κ2) is 6.09. The standard InChI is InChI=1S/C10H18N2OS/c1-2-4-9(11)10(13)12-7-8-5-3-6-14-8/h2,8-9H,1,3-7,11H2,(H,12,13). The van der Waals surface area contributed by atoms with Crippen LogP contribution < -0.4 is 11.1 Å². The average Bonchev–Trinajstić information content (AvgIpc) is 2.67. The normalized spacial score (nSPS) is 23.1. The quantitative estimate of drug-likeness (QED) is 0.669. The lowest BCUT2D eigenvalue weighted by molar-refractivity contribution is -0.122. The lowest BCUT2D eigenvalue weighted by atomic mass is 10.2. The zero-order valence-corrected chi connectivity index (χ0v) is 9.19. The van der Waals surface area contributed by atoms with Crippen molar-refractivity contribution in [2.45, 2.75) is 30.6 Å². The molecule has 0 aliphatic carbocycles. The first kappa shape index (κ1) is 11.6. The van der Waals surface area contributed by atoms with Crippen LogP contribution in [0, 0.1) is 0 Å². The van der Waals surface area contributed by atoms with Gasteiger partial charge in [-0.15, -0.1) is 6.58 Å². The minimum absolute atomic E-state index is 0.0580. The van der Waals surface area contributed by atoms with E-state index >= 15 is 0 Å². The van der Waals surface area contributed by atoms with Crippen molar-refractivity contribution in [3.05, 3.63) is 12.7 Å². The number of thioether (sulfide) groups is 1. The summed E-state index contributed by atoms with van der Waals surface area (Å²) in [5, 5.41) is 3.47. The molecule has 0 spiro atoms. The molecule has 1 aliphatic heterocycles. The fourth-order valence-corrected chi connectivity index (χ4v) is 2.64. The van der Waals surface area contributed by atoms with E-state index in [1.54, 1.807) is 6.08 Å². The second-order valence-electron chi connectivity index (χ2n) is 3.51. The summed E-state index contributed by atoms with van der Waals surface area (Å²) in [6.45, 7) is 4.31. The van der Waals surface area contributed by atoms with Crippen molar-refractivity contribution in [1.29, 1.82) is 0 Å². The van der Waals surface area contributed by atoms with E-state index in [9.17, 15) is 4.79 Å². The van der Waals surface area contributed by atoms with Crippen molar-refractivity contribution in [3.63, 3.8) is 0 Å². The van der Waals surface area contributed by atoms with Crippen molar-refractivity contribution < 1.29 is 4.79 Å². The van der Waals surface area contributed by atoms with E-state index < -0.39 is 6.04 Å². The Morgan fingerprint density at radius 2 is 2.57 bits per heavy atom. The van der Waals surface area contributed by atoms with Gasteiger partial charge in [0.1, 0.15) is 0 Å². The molecule has 2 unspecified atom stereocenters. The van der Waals surface area contributed by atoms with Crippen LogP contribution in [0.5, 0.6) is 0 Å².